The Kier molecular flexibility index (Phi) is 3.62. The molecule has 0 bridgehead atoms. The molecule has 3 nitrogen and oxygen atoms in total. The second-order valence-electron chi connectivity index (χ2n) is 4.34. The Labute approximate surface area is 106 Å². The van der Waals surface area contributed by atoms with E-state index in [1.165, 1.54) is 15.8 Å². The first-order valence-corrected chi connectivity index (χ1v) is 6.96. The van der Waals surface area contributed by atoms with Crippen LogP contribution < -0.4 is 5.32 Å². The molecule has 2 rings (SSSR count). The zero-order valence-electron chi connectivity index (χ0n) is 10.9. The third-order valence-corrected chi connectivity index (χ3v) is 4.41. The highest BCUT2D eigenvalue weighted by atomic mass is 32.1. The first kappa shape index (κ1) is 12.3. The van der Waals surface area contributed by atoms with Gasteiger partial charge in [-0.25, -0.2) is 9.97 Å². The minimum atomic E-state index is 0.493. The van der Waals surface area contributed by atoms with E-state index in [0.29, 0.717) is 6.04 Å². The summed E-state index contributed by atoms with van der Waals surface area (Å²) in [6.07, 6.45) is 3.89. The molecule has 2 aromatic rings. The third kappa shape index (κ3) is 2.27. The molecule has 0 unspecified atom stereocenters. The van der Waals surface area contributed by atoms with Gasteiger partial charge in [-0.3, -0.25) is 0 Å². The van der Waals surface area contributed by atoms with E-state index in [1.54, 1.807) is 17.7 Å². The molecule has 1 N–H and O–H groups in total. The zero-order chi connectivity index (χ0) is 12.4. The Bertz CT molecular complexity index is 515. The number of hydrogen-bond acceptors (Lipinski definition) is 4. The second kappa shape index (κ2) is 5.00. The van der Waals surface area contributed by atoms with Crippen LogP contribution in [0.5, 0.6) is 0 Å². The van der Waals surface area contributed by atoms with Gasteiger partial charge in [0.2, 0.25) is 0 Å². The summed E-state index contributed by atoms with van der Waals surface area (Å²) in [5, 5.41) is 4.73. The van der Waals surface area contributed by atoms with Gasteiger partial charge in [-0.1, -0.05) is 13.8 Å². The van der Waals surface area contributed by atoms with Gasteiger partial charge in [-0.15, -0.1) is 11.3 Å². The van der Waals surface area contributed by atoms with E-state index in [0.717, 1.165) is 23.5 Å². The van der Waals surface area contributed by atoms with Crippen molar-refractivity contribution >= 4 is 27.4 Å². The van der Waals surface area contributed by atoms with Crippen molar-refractivity contribution < 1.29 is 0 Å². The Morgan fingerprint density at radius 1 is 1.24 bits per heavy atom. The molecule has 2 heterocycles. The van der Waals surface area contributed by atoms with Crippen molar-refractivity contribution in [2.75, 3.05) is 5.32 Å². The minimum absolute atomic E-state index is 0.493. The summed E-state index contributed by atoms with van der Waals surface area (Å²) in [5.74, 6) is 0.991. The van der Waals surface area contributed by atoms with Crippen molar-refractivity contribution in [2.24, 2.45) is 0 Å². The van der Waals surface area contributed by atoms with Gasteiger partial charge in [0.25, 0.3) is 0 Å². The lowest BCUT2D eigenvalue weighted by Crippen LogP contribution is -2.18. The molecule has 92 valence electrons. The van der Waals surface area contributed by atoms with E-state index in [-0.39, 0.29) is 0 Å². The summed E-state index contributed by atoms with van der Waals surface area (Å²) in [6, 6.07) is 0.493. The SMILES string of the molecule is CCC(CC)Nc1ncnc2sc(C)c(C)c12. The van der Waals surface area contributed by atoms with Crippen LogP contribution in [0.4, 0.5) is 5.82 Å². The van der Waals surface area contributed by atoms with Crippen LogP contribution in [0.2, 0.25) is 0 Å². The molecule has 0 atom stereocenters. The lowest BCUT2D eigenvalue weighted by molar-refractivity contribution is 0.669. The lowest BCUT2D eigenvalue weighted by atomic mass is 10.1. The van der Waals surface area contributed by atoms with Gasteiger partial charge in [0.15, 0.2) is 0 Å². The van der Waals surface area contributed by atoms with Crippen LogP contribution in [0.3, 0.4) is 0 Å². The lowest BCUT2D eigenvalue weighted by Gasteiger charge is -2.16. The fourth-order valence-corrected chi connectivity index (χ4v) is 2.97. The highest BCUT2D eigenvalue weighted by molar-refractivity contribution is 7.18. The van der Waals surface area contributed by atoms with Crippen molar-refractivity contribution in [1.29, 1.82) is 0 Å². The number of aromatic nitrogens is 2. The molecule has 0 aromatic carbocycles. The van der Waals surface area contributed by atoms with Crippen LogP contribution in [-0.4, -0.2) is 16.0 Å². The second-order valence-corrected chi connectivity index (χ2v) is 5.55. The largest absolute Gasteiger partial charge is 0.367 e. The predicted molar refractivity (Wildman–Crippen MR) is 74.9 cm³/mol. The summed E-state index contributed by atoms with van der Waals surface area (Å²) in [6.45, 7) is 8.69. The number of rotatable bonds is 4. The van der Waals surface area contributed by atoms with Gasteiger partial charge in [0.1, 0.15) is 17.0 Å². The maximum atomic E-state index is 4.40. The molecule has 2 aromatic heterocycles. The van der Waals surface area contributed by atoms with Crippen LogP contribution in [0.1, 0.15) is 37.1 Å². The summed E-state index contributed by atoms with van der Waals surface area (Å²) in [4.78, 5) is 11.2. The van der Waals surface area contributed by atoms with Gasteiger partial charge in [0, 0.05) is 10.9 Å². The summed E-state index contributed by atoms with van der Waals surface area (Å²) in [7, 11) is 0. The topological polar surface area (TPSA) is 37.8 Å². The standard InChI is InChI=1S/C13H19N3S/c1-5-10(6-2)16-12-11-8(3)9(4)17-13(11)15-7-14-12/h7,10H,5-6H2,1-4H3,(H,14,15,16). The smallest absolute Gasteiger partial charge is 0.138 e. The normalized spacial score (nSPS) is 11.4. The zero-order valence-corrected chi connectivity index (χ0v) is 11.7. The van der Waals surface area contributed by atoms with Crippen LogP contribution in [0.15, 0.2) is 6.33 Å². The number of nitrogens with one attached hydrogen (secondary N) is 1. The minimum Gasteiger partial charge on any atom is -0.367 e. The first-order chi connectivity index (χ1) is 8.17. The van der Waals surface area contributed by atoms with Gasteiger partial charge in [-0.2, -0.15) is 0 Å². The van der Waals surface area contributed by atoms with E-state index in [9.17, 15) is 0 Å². The van der Waals surface area contributed by atoms with Gasteiger partial charge in [-0.05, 0) is 32.3 Å². The Balaban J connectivity index is 2.46. The first-order valence-electron chi connectivity index (χ1n) is 6.14. The van der Waals surface area contributed by atoms with Gasteiger partial charge in [0.05, 0.1) is 5.39 Å². The number of aryl methyl sites for hydroxylation is 2. The van der Waals surface area contributed by atoms with Gasteiger partial charge >= 0.3 is 0 Å². The number of anilines is 1. The Hall–Kier alpha value is -1.16. The molecule has 17 heavy (non-hydrogen) atoms. The molecule has 0 aliphatic carbocycles. The Morgan fingerprint density at radius 3 is 2.59 bits per heavy atom. The quantitative estimate of drug-likeness (QED) is 0.892. The Morgan fingerprint density at radius 2 is 1.94 bits per heavy atom. The molecule has 0 fully saturated rings. The van der Waals surface area contributed by atoms with Crippen molar-refractivity contribution in [2.45, 2.75) is 46.6 Å². The van der Waals surface area contributed by atoms with E-state index in [1.807, 2.05) is 0 Å². The molecule has 4 heteroatoms. The summed E-state index contributed by atoms with van der Waals surface area (Å²) in [5.41, 5.74) is 1.30. The van der Waals surface area contributed by atoms with Crippen molar-refractivity contribution in [3.05, 3.63) is 16.8 Å². The van der Waals surface area contributed by atoms with Crippen LogP contribution in [0.25, 0.3) is 10.2 Å². The molecule has 0 aliphatic heterocycles. The van der Waals surface area contributed by atoms with E-state index in [4.69, 9.17) is 0 Å². The average molecular weight is 249 g/mol. The molecular formula is C13H19N3S. The summed E-state index contributed by atoms with van der Waals surface area (Å²) >= 11 is 1.74. The highest BCUT2D eigenvalue weighted by Gasteiger charge is 2.13. The molecule has 0 radical (unpaired) electrons. The van der Waals surface area contributed by atoms with Crippen LogP contribution in [0, 0.1) is 13.8 Å². The van der Waals surface area contributed by atoms with Crippen LogP contribution >= 0.6 is 11.3 Å². The van der Waals surface area contributed by atoms with Gasteiger partial charge < -0.3 is 5.32 Å². The fourth-order valence-electron chi connectivity index (χ4n) is 1.98. The maximum absolute atomic E-state index is 4.40. The van der Waals surface area contributed by atoms with Crippen molar-refractivity contribution in [3.63, 3.8) is 0 Å². The van der Waals surface area contributed by atoms with E-state index in [2.05, 4.69) is 43.0 Å². The molecule has 0 saturated carbocycles. The average Bonchev–Trinajstić information content (AvgIpc) is 2.63. The fraction of sp³-hybridized carbons (Fsp3) is 0.538. The number of hydrogen-bond donors (Lipinski definition) is 1. The molecule has 0 aliphatic rings. The monoisotopic (exact) mass is 249 g/mol. The van der Waals surface area contributed by atoms with Crippen molar-refractivity contribution in [1.82, 2.24) is 9.97 Å². The summed E-state index contributed by atoms with van der Waals surface area (Å²) < 4.78 is 0. The molecular weight excluding hydrogens is 230 g/mol. The highest BCUT2D eigenvalue weighted by Crippen LogP contribution is 2.32. The molecule has 0 saturated heterocycles. The number of fused-ring (bicyclic) bond motifs is 1. The molecule has 0 amide bonds. The van der Waals surface area contributed by atoms with E-state index >= 15 is 0 Å². The van der Waals surface area contributed by atoms with Crippen molar-refractivity contribution in [3.8, 4) is 0 Å². The maximum Gasteiger partial charge on any atom is 0.138 e. The number of thiophene rings is 1. The molecule has 0 spiro atoms. The third-order valence-electron chi connectivity index (χ3n) is 3.29. The number of nitrogens with zero attached hydrogens (tertiary/aromatic N) is 2. The van der Waals surface area contributed by atoms with Crippen LogP contribution in [-0.2, 0) is 0 Å². The predicted octanol–water partition coefficient (Wildman–Crippen LogP) is 3.91. The van der Waals surface area contributed by atoms with E-state index < -0.39 is 0 Å².